The number of amides is 1. The number of fused-ring (bicyclic) bond motifs is 1. The first-order chi connectivity index (χ1) is 17.4. The summed E-state index contributed by atoms with van der Waals surface area (Å²) in [6, 6.07) is 18.8. The van der Waals surface area contributed by atoms with Crippen LogP contribution in [0.3, 0.4) is 0 Å². The fourth-order valence-electron chi connectivity index (χ4n) is 4.58. The number of aliphatic hydroxyl groups is 1. The monoisotopic (exact) mass is 502 g/mol. The Balaban J connectivity index is 1.68. The molecule has 1 amide bonds. The van der Waals surface area contributed by atoms with Crippen molar-refractivity contribution in [3.63, 3.8) is 0 Å². The number of benzene rings is 3. The van der Waals surface area contributed by atoms with Crippen LogP contribution in [0.2, 0.25) is 5.02 Å². The van der Waals surface area contributed by atoms with Crippen LogP contribution in [-0.2, 0) is 16.1 Å². The zero-order chi connectivity index (χ0) is 25.4. The summed E-state index contributed by atoms with van der Waals surface area (Å²) < 4.78 is 10.5. The van der Waals surface area contributed by atoms with E-state index in [4.69, 9.17) is 21.1 Å². The third-order valence-corrected chi connectivity index (χ3v) is 6.70. The molecule has 8 heteroatoms. The third kappa shape index (κ3) is 3.97. The van der Waals surface area contributed by atoms with Crippen molar-refractivity contribution in [2.24, 2.45) is 0 Å². The lowest BCUT2D eigenvalue weighted by atomic mass is 9.94. The van der Waals surface area contributed by atoms with E-state index in [0.717, 1.165) is 16.5 Å². The minimum absolute atomic E-state index is 0.00244. The van der Waals surface area contributed by atoms with Gasteiger partial charge in [0, 0.05) is 34.8 Å². The van der Waals surface area contributed by atoms with Crippen LogP contribution in [0.1, 0.15) is 22.7 Å². The van der Waals surface area contributed by atoms with E-state index in [1.807, 2.05) is 36.4 Å². The van der Waals surface area contributed by atoms with Crippen LogP contribution >= 0.6 is 11.6 Å². The molecule has 3 aromatic carbocycles. The molecule has 1 aliphatic heterocycles. The van der Waals surface area contributed by atoms with Crippen molar-refractivity contribution in [2.45, 2.75) is 12.6 Å². The van der Waals surface area contributed by atoms with Crippen molar-refractivity contribution < 1.29 is 24.2 Å². The lowest BCUT2D eigenvalue weighted by Crippen LogP contribution is -2.29. The smallest absolute Gasteiger partial charge is 0.295 e. The fraction of sp³-hybridized carbons (Fsp3) is 0.143. The average Bonchev–Trinajstić information content (AvgIpc) is 3.43. The normalized spacial score (nSPS) is 17.1. The van der Waals surface area contributed by atoms with Crippen molar-refractivity contribution in [3.8, 4) is 11.5 Å². The van der Waals surface area contributed by atoms with Gasteiger partial charge in [-0.3, -0.25) is 9.59 Å². The molecule has 36 heavy (non-hydrogen) atoms. The summed E-state index contributed by atoms with van der Waals surface area (Å²) in [5.74, 6) is -0.716. The maximum atomic E-state index is 13.4. The maximum Gasteiger partial charge on any atom is 0.295 e. The second-order valence-electron chi connectivity index (χ2n) is 8.41. The summed E-state index contributed by atoms with van der Waals surface area (Å²) in [5, 5.41) is 12.6. The van der Waals surface area contributed by atoms with E-state index >= 15 is 0 Å². The Kier molecular flexibility index (Phi) is 6.16. The molecule has 5 rings (SSSR count). The van der Waals surface area contributed by atoms with Gasteiger partial charge in [0.1, 0.15) is 17.3 Å². The quantitative estimate of drug-likeness (QED) is 0.207. The van der Waals surface area contributed by atoms with Crippen molar-refractivity contribution in [2.75, 3.05) is 14.2 Å². The molecule has 0 saturated carbocycles. The number of ketones is 1. The molecule has 1 saturated heterocycles. The zero-order valence-electron chi connectivity index (χ0n) is 19.6. The van der Waals surface area contributed by atoms with Crippen molar-refractivity contribution in [1.82, 2.24) is 9.88 Å². The molecule has 0 spiro atoms. The van der Waals surface area contributed by atoms with Gasteiger partial charge in [0.05, 0.1) is 30.9 Å². The van der Waals surface area contributed by atoms with Gasteiger partial charge in [-0.1, -0.05) is 41.9 Å². The lowest BCUT2D eigenvalue weighted by Gasteiger charge is -2.25. The van der Waals surface area contributed by atoms with Gasteiger partial charge in [-0.05, 0) is 42.0 Å². The molecule has 0 aliphatic carbocycles. The SMILES string of the molecule is COc1ccc(CN2C(=O)C(=O)/C(=C(/O)c3ccc(Cl)c(OC)c3)C2c2c[nH]c3ccccc23)cc1. The van der Waals surface area contributed by atoms with Crippen LogP contribution < -0.4 is 9.47 Å². The number of aromatic amines is 1. The summed E-state index contributed by atoms with van der Waals surface area (Å²) in [5.41, 5.74) is 2.71. The second kappa shape index (κ2) is 9.43. The van der Waals surface area contributed by atoms with Crippen molar-refractivity contribution in [1.29, 1.82) is 0 Å². The molecule has 0 radical (unpaired) electrons. The molecule has 1 fully saturated rings. The summed E-state index contributed by atoms with van der Waals surface area (Å²) in [7, 11) is 3.04. The Morgan fingerprint density at radius 3 is 2.50 bits per heavy atom. The molecule has 1 aromatic heterocycles. The highest BCUT2D eigenvalue weighted by Gasteiger charge is 2.46. The number of likely N-dealkylation sites (tertiary alicyclic amines) is 1. The number of Topliss-reactive ketones (excluding diaryl/α,β-unsaturated/α-hetero) is 1. The predicted molar refractivity (Wildman–Crippen MR) is 137 cm³/mol. The first-order valence-corrected chi connectivity index (χ1v) is 11.6. The highest BCUT2D eigenvalue weighted by molar-refractivity contribution is 6.46. The van der Waals surface area contributed by atoms with Crippen LogP contribution in [0.5, 0.6) is 11.5 Å². The number of halogens is 1. The molecular formula is C28H23ClN2O5. The van der Waals surface area contributed by atoms with Gasteiger partial charge in [-0.25, -0.2) is 0 Å². The molecule has 4 aromatic rings. The molecule has 0 bridgehead atoms. The Hall–Kier alpha value is -4.23. The number of methoxy groups -OCH3 is 2. The van der Waals surface area contributed by atoms with E-state index in [9.17, 15) is 14.7 Å². The molecule has 1 aliphatic rings. The van der Waals surface area contributed by atoms with Gasteiger partial charge in [0.25, 0.3) is 11.7 Å². The molecule has 1 atom stereocenters. The van der Waals surface area contributed by atoms with Crippen LogP contribution in [0.25, 0.3) is 16.7 Å². The largest absolute Gasteiger partial charge is 0.507 e. The highest BCUT2D eigenvalue weighted by atomic mass is 35.5. The summed E-state index contributed by atoms with van der Waals surface area (Å²) >= 11 is 6.16. The number of aromatic nitrogens is 1. The lowest BCUT2D eigenvalue weighted by molar-refractivity contribution is -0.140. The van der Waals surface area contributed by atoms with Gasteiger partial charge in [-0.2, -0.15) is 0 Å². The number of ether oxygens (including phenoxy) is 2. The maximum absolute atomic E-state index is 13.4. The van der Waals surface area contributed by atoms with Gasteiger partial charge in [0.15, 0.2) is 0 Å². The molecular weight excluding hydrogens is 480 g/mol. The van der Waals surface area contributed by atoms with Gasteiger partial charge < -0.3 is 24.5 Å². The van der Waals surface area contributed by atoms with E-state index in [-0.39, 0.29) is 17.9 Å². The number of aliphatic hydroxyl groups excluding tert-OH is 1. The van der Waals surface area contributed by atoms with Crippen molar-refractivity contribution >= 4 is 40.0 Å². The molecule has 7 nitrogen and oxygen atoms in total. The van der Waals surface area contributed by atoms with Gasteiger partial charge in [-0.15, -0.1) is 0 Å². The number of H-pyrrole nitrogens is 1. The van der Waals surface area contributed by atoms with E-state index in [2.05, 4.69) is 4.98 Å². The first kappa shape index (κ1) is 23.5. The first-order valence-electron chi connectivity index (χ1n) is 11.2. The third-order valence-electron chi connectivity index (χ3n) is 6.39. The Bertz CT molecular complexity index is 1510. The predicted octanol–water partition coefficient (Wildman–Crippen LogP) is 5.46. The second-order valence-corrected chi connectivity index (χ2v) is 8.82. The number of rotatable bonds is 6. The fourth-order valence-corrected chi connectivity index (χ4v) is 4.77. The molecule has 2 N–H and O–H groups in total. The van der Waals surface area contributed by atoms with Gasteiger partial charge in [0.2, 0.25) is 0 Å². The number of carbonyl (C=O) groups excluding carboxylic acids is 2. The topological polar surface area (TPSA) is 91.9 Å². The Morgan fingerprint density at radius 1 is 1.03 bits per heavy atom. The van der Waals surface area contributed by atoms with E-state index < -0.39 is 17.7 Å². The van der Waals surface area contributed by atoms with Crippen LogP contribution in [0.4, 0.5) is 0 Å². The highest BCUT2D eigenvalue weighted by Crippen LogP contribution is 2.43. The minimum atomic E-state index is -0.815. The van der Waals surface area contributed by atoms with Gasteiger partial charge >= 0.3 is 0 Å². The number of para-hydroxylation sites is 1. The standard InChI is InChI=1S/C28H23ClN2O5/c1-35-18-10-7-16(8-11-18)15-31-25(20-14-30-22-6-4-3-5-19(20)22)24(27(33)28(31)34)26(32)17-9-12-21(29)23(13-17)36-2/h3-14,25,30,32H,15H2,1-2H3/b26-24+. The van der Waals surface area contributed by atoms with E-state index in [0.29, 0.717) is 27.6 Å². The Morgan fingerprint density at radius 2 is 1.78 bits per heavy atom. The average molecular weight is 503 g/mol. The number of hydrogen-bond acceptors (Lipinski definition) is 5. The number of nitrogens with one attached hydrogen (secondary N) is 1. The number of nitrogens with zero attached hydrogens (tertiary/aromatic N) is 1. The van der Waals surface area contributed by atoms with Crippen molar-refractivity contribution in [3.05, 3.63) is 100 Å². The number of carbonyl (C=O) groups is 2. The molecule has 2 heterocycles. The van der Waals surface area contributed by atoms with E-state index in [1.54, 1.807) is 43.6 Å². The summed E-state index contributed by atoms with van der Waals surface area (Å²) in [6.45, 7) is 0.166. The van der Waals surface area contributed by atoms with E-state index in [1.165, 1.54) is 12.0 Å². The minimum Gasteiger partial charge on any atom is -0.507 e. The summed E-state index contributed by atoms with van der Waals surface area (Å²) in [6.07, 6.45) is 1.78. The van der Waals surface area contributed by atoms with Crippen LogP contribution in [-0.4, -0.2) is 40.9 Å². The zero-order valence-corrected chi connectivity index (χ0v) is 20.4. The Labute approximate surface area is 212 Å². The van der Waals surface area contributed by atoms with Crippen LogP contribution in [0.15, 0.2) is 78.5 Å². The molecule has 1 unspecified atom stereocenters. The van der Waals surface area contributed by atoms with Crippen LogP contribution in [0, 0.1) is 0 Å². The molecule has 182 valence electrons. The summed E-state index contributed by atoms with van der Waals surface area (Å²) in [4.78, 5) is 31.4. The number of hydrogen-bond donors (Lipinski definition) is 2.